The molecule has 16 heavy (non-hydrogen) atoms. The van der Waals surface area contributed by atoms with Crippen molar-refractivity contribution in [2.24, 2.45) is 0 Å². The van der Waals surface area contributed by atoms with Crippen molar-refractivity contribution in [1.29, 1.82) is 0 Å². The molecule has 0 saturated carbocycles. The molecule has 2 aromatic heterocycles. The van der Waals surface area contributed by atoms with E-state index in [1.54, 1.807) is 0 Å². The maximum absolute atomic E-state index is 12.6. The van der Waals surface area contributed by atoms with Crippen LogP contribution in [0, 0.1) is 6.92 Å². The van der Waals surface area contributed by atoms with Gasteiger partial charge in [-0.1, -0.05) is 0 Å². The zero-order valence-electron chi connectivity index (χ0n) is 8.12. The minimum absolute atomic E-state index is 0.0751. The lowest BCUT2D eigenvalue weighted by molar-refractivity contribution is -0.142. The minimum atomic E-state index is -4.53. The molecule has 0 saturated heterocycles. The molecule has 2 rings (SSSR count). The third-order valence-electron chi connectivity index (χ3n) is 2.15. The van der Waals surface area contributed by atoms with E-state index >= 15 is 0 Å². The molecule has 0 aliphatic heterocycles. The number of hydrogen-bond acceptors (Lipinski definition) is 3. The Morgan fingerprint density at radius 1 is 1.44 bits per heavy atom. The number of alkyl halides is 3. The van der Waals surface area contributed by atoms with Gasteiger partial charge in [-0.15, -0.1) is 0 Å². The first-order valence-corrected chi connectivity index (χ1v) is 4.32. The molecule has 0 radical (unpaired) electrons. The predicted octanol–water partition coefficient (Wildman–Crippen LogP) is 1.87. The predicted molar refractivity (Wildman–Crippen MR) is 48.1 cm³/mol. The molecule has 0 spiro atoms. The summed E-state index contributed by atoms with van der Waals surface area (Å²) in [7, 11) is 0. The summed E-state index contributed by atoms with van der Waals surface area (Å²) in [6.45, 7) is 1.46. The number of carbonyl (C=O) groups is 1. The van der Waals surface area contributed by atoms with Crippen LogP contribution in [0.25, 0.3) is 5.65 Å². The van der Waals surface area contributed by atoms with Crippen molar-refractivity contribution in [3.8, 4) is 0 Å². The average molecular weight is 229 g/mol. The van der Waals surface area contributed by atoms with Gasteiger partial charge in [0.15, 0.2) is 11.9 Å². The van der Waals surface area contributed by atoms with Crippen LogP contribution in [0.3, 0.4) is 0 Å². The van der Waals surface area contributed by atoms with E-state index in [2.05, 4.69) is 10.1 Å². The van der Waals surface area contributed by atoms with Crippen LogP contribution in [-0.4, -0.2) is 20.9 Å². The first kappa shape index (κ1) is 10.6. The number of aromatic nitrogens is 3. The first-order valence-electron chi connectivity index (χ1n) is 4.32. The number of halogens is 3. The van der Waals surface area contributed by atoms with Crippen LogP contribution in [0.15, 0.2) is 12.3 Å². The summed E-state index contributed by atoms with van der Waals surface area (Å²) in [5, 5.41) is 3.65. The van der Waals surface area contributed by atoms with Gasteiger partial charge in [-0.3, -0.25) is 4.79 Å². The number of rotatable bonds is 1. The highest BCUT2D eigenvalue weighted by Crippen LogP contribution is 2.29. The molecule has 2 heterocycles. The van der Waals surface area contributed by atoms with Crippen LogP contribution in [0.5, 0.6) is 0 Å². The van der Waals surface area contributed by atoms with Crippen LogP contribution in [0.1, 0.15) is 21.7 Å². The lowest BCUT2D eigenvalue weighted by atomic mass is 10.3. The van der Waals surface area contributed by atoms with E-state index in [9.17, 15) is 18.0 Å². The zero-order chi connectivity index (χ0) is 11.9. The second kappa shape index (κ2) is 3.29. The van der Waals surface area contributed by atoms with Crippen molar-refractivity contribution in [2.75, 3.05) is 0 Å². The van der Waals surface area contributed by atoms with E-state index in [4.69, 9.17) is 0 Å². The van der Waals surface area contributed by atoms with Gasteiger partial charge in [0.1, 0.15) is 5.69 Å². The Morgan fingerprint density at radius 3 is 2.69 bits per heavy atom. The second-order valence-electron chi connectivity index (χ2n) is 3.18. The molecule has 0 fully saturated rings. The van der Waals surface area contributed by atoms with Gasteiger partial charge in [0.25, 0.3) is 0 Å². The Bertz CT molecular complexity index is 559. The minimum Gasteiger partial charge on any atom is -0.298 e. The Balaban J connectivity index is 2.85. The van der Waals surface area contributed by atoms with Gasteiger partial charge in [-0.25, -0.2) is 9.50 Å². The van der Waals surface area contributed by atoms with Crippen LogP contribution < -0.4 is 0 Å². The molecular formula is C9H6F3N3O. The molecule has 4 nitrogen and oxygen atoms in total. The van der Waals surface area contributed by atoms with Crippen molar-refractivity contribution < 1.29 is 18.0 Å². The van der Waals surface area contributed by atoms with Gasteiger partial charge in [0, 0.05) is 6.20 Å². The summed E-state index contributed by atoms with van der Waals surface area (Å²) in [6, 6.07) is 0.814. The second-order valence-corrected chi connectivity index (χ2v) is 3.18. The largest absolute Gasteiger partial charge is 0.433 e. The summed E-state index contributed by atoms with van der Waals surface area (Å²) < 4.78 is 38.4. The average Bonchev–Trinajstić information content (AvgIpc) is 2.50. The van der Waals surface area contributed by atoms with Gasteiger partial charge in [0.2, 0.25) is 0 Å². The Kier molecular flexibility index (Phi) is 2.18. The quantitative estimate of drug-likeness (QED) is 0.701. The third kappa shape index (κ3) is 1.44. The monoisotopic (exact) mass is 229 g/mol. The Morgan fingerprint density at radius 2 is 2.12 bits per heavy atom. The van der Waals surface area contributed by atoms with E-state index < -0.39 is 11.9 Å². The molecule has 0 bridgehead atoms. The molecule has 0 atom stereocenters. The molecular weight excluding hydrogens is 223 g/mol. The van der Waals surface area contributed by atoms with Gasteiger partial charge < -0.3 is 0 Å². The van der Waals surface area contributed by atoms with Crippen LogP contribution >= 0.6 is 0 Å². The lowest BCUT2D eigenvalue weighted by Gasteiger charge is -2.07. The fraction of sp³-hybridized carbons (Fsp3) is 0.222. The smallest absolute Gasteiger partial charge is 0.298 e. The van der Waals surface area contributed by atoms with E-state index in [-0.39, 0.29) is 16.9 Å². The molecule has 2 aromatic rings. The van der Waals surface area contributed by atoms with Crippen molar-refractivity contribution in [2.45, 2.75) is 13.1 Å². The summed E-state index contributed by atoms with van der Waals surface area (Å²) >= 11 is 0. The molecule has 84 valence electrons. The van der Waals surface area contributed by atoms with Crippen molar-refractivity contribution in [3.05, 3.63) is 29.2 Å². The highest BCUT2D eigenvalue weighted by molar-refractivity contribution is 5.85. The number of fused-ring (bicyclic) bond motifs is 1. The fourth-order valence-electron chi connectivity index (χ4n) is 1.42. The van der Waals surface area contributed by atoms with Gasteiger partial charge >= 0.3 is 6.18 Å². The molecule has 7 heteroatoms. The van der Waals surface area contributed by atoms with Crippen LogP contribution in [-0.2, 0) is 6.18 Å². The molecule has 0 aliphatic carbocycles. The Hall–Kier alpha value is -1.92. The van der Waals surface area contributed by atoms with Crippen molar-refractivity contribution >= 4 is 11.9 Å². The molecule has 0 unspecified atom stereocenters. The molecule has 0 N–H and O–H groups in total. The van der Waals surface area contributed by atoms with Crippen LogP contribution in [0.2, 0.25) is 0 Å². The standard InChI is InChI=1S/C9H6F3N3O/c1-5-6(4-16)8-13-3-2-7(9(10,11)12)15(8)14-5/h2-4H,1H3. The van der Waals surface area contributed by atoms with Crippen LogP contribution in [0.4, 0.5) is 13.2 Å². The summed E-state index contributed by atoms with van der Waals surface area (Å²) in [4.78, 5) is 14.4. The van der Waals surface area contributed by atoms with Gasteiger partial charge in [-0.05, 0) is 13.0 Å². The van der Waals surface area contributed by atoms with Gasteiger partial charge in [0.05, 0.1) is 11.3 Å². The normalized spacial score (nSPS) is 12.0. The maximum atomic E-state index is 12.6. The number of nitrogens with zero attached hydrogens (tertiary/aromatic N) is 3. The highest BCUT2D eigenvalue weighted by atomic mass is 19.4. The summed E-state index contributed by atoms with van der Waals surface area (Å²) in [5.41, 5.74) is -0.735. The van der Waals surface area contributed by atoms with Crippen molar-refractivity contribution in [3.63, 3.8) is 0 Å². The Labute approximate surface area is 87.7 Å². The number of aldehydes is 1. The van der Waals surface area contributed by atoms with E-state index in [0.29, 0.717) is 10.8 Å². The third-order valence-corrected chi connectivity index (χ3v) is 2.15. The van der Waals surface area contributed by atoms with E-state index in [1.165, 1.54) is 6.92 Å². The zero-order valence-corrected chi connectivity index (χ0v) is 8.12. The summed E-state index contributed by atoms with van der Waals surface area (Å²) in [6.07, 6.45) is -3.07. The number of carbonyl (C=O) groups excluding carboxylic acids is 1. The fourth-order valence-corrected chi connectivity index (χ4v) is 1.42. The summed E-state index contributed by atoms with van der Waals surface area (Å²) in [5.74, 6) is 0. The van der Waals surface area contributed by atoms with Gasteiger partial charge in [-0.2, -0.15) is 18.3 Å². The SMILES string of the molecule is Cc1nn2c(C(F)(F)F)ccnc2c1C=O. The number of hydrogen-bond donors (Lipinski definition) is 0. The molecule has 0 amide bonds. The van der Waals surface area contributed by atoms with E-state index in [1.807, 2.05) is 0 Å². The maximum Gasteiger partial charge on any atom is 0.433 e. The first-order chi connectivity index (χ1) is 7.45. The number of aryl methyl sites for hydroxylation is 1. The topological polar surface area (TPSA) is 47.3 Å². The molecule has 0 aliphatic rings. The van der Waals surface area contributed by atoms with Crippen molar-refractivity contribution in [1.82, 2.24) is 14.6 Å². The lowest BCUT2D eigenvalue weighted by Crippen LogP contribution is -2.12. The molecule has 0 aromatic carbocycles. The highest BCUT2D eigenvalue weighted by Gasteiger charge is 2.34. The van der Waals surface area contributed by atoms with E-state index in [0.717, 1.165) is 12.3 Å².